The molecule has 1 aliphatic rings. The predicted octanol–water partition coefficient (Wildman–Crippen LogP) is 4.85. The molecule has 1 saturated carbocycles. The van der Waals surface area contributed by atoms with Gasteiger partial charge in [0.05, 0.1) is 12.2 Å². The number of rotatable bonds is 15. The molecule has 0 radical (unpaired) electrons. The highest BCUT2D eigenvalue weighted by Gasteiger charge is 2.33. The summed E-state index contributed by atoms with van der Waals surface area (Å²) in [5, 5.41) is 28.8. The Morgan fingerprint density at radius 1 is 1.00 bits per heavy atom. The number of hydrogen-bond donors (Lipinski definition) is 3. The summed E-state index contributed by atoms with van der Waals surface area (Å²) in [6, 6.07) is 0. The van der Waals surface area contributed by atoms with Crippen molar-refractivity contribution in [2.24, 2.45) is 11.8 Å². The number of aliphatic hydroxyl groups is 2. The molecule has 4 atom stereocenters. The van der Waals surface area contributed by atoms with Crippen molar-refractivity contribution in [3.8, 4) is 0 Å². The summed E-state index contributed by atoms with van der Waals surface area (Å²) in [6.45, 7) is 2.22. The molecule has 3 N–H and O–H groups in total. The number of carboxylic acid groups (broad SMARTS) is 1. The van der Waals surface area contributed by atoms with Gasteiger partial charge in [0, 0.05) is 6.42 Å². The van der Waals surface area contributed by atoms with Gasteiger partial charge in [-0.2, -0.15) is 0 Å². The van der Waals surface area contributed by atoms with Crippen molar-refractivity contribution < 1.29 is 20.1 Å². The van der Waals surface area contributed by atoms with Crippen molar-refractivity contribution >= 4 is 5.97 Å². The summed E-state index contributed by atoms with van der Waals surface area (Å²) in [6.07, 6.45) is 18.6. The van der Waals surface area contributed by atoms with Gasteiger partial charge in [-0.1, -0.05) is 69.8 Å². The zero-order valence-corrected chi connectivity index (χ0v) is 16.4. The number of hydrogen-bond acceptors (Lipinski definition) is 3. The molecule has 1 rings (SSSR count). The van der Waals surface area contributed by atoms with Crippen LogP contribution >= 0.6 is 0 Å². The third kappa shape index (κ3) is 10.1. The maximum Gasteiger partial charge on any atom is 0.303 e. The van der Waals surface area contributed by atoms with E-state index in [2.05, 4.69) is 13.0 Å². The third-order valence-electron chi connectivity index (χ3n) is 5.42. The average molecular weight is 367 g/mol. The number of aliphatic hydroxyl groups excluding tert-OH is 2. The minimum absolute atomic E-state index is 0.128. The minimum Gasteiger partial charge on any atom is -0.481 e. The zero-order chi connectivity index (χ0) is 19.2. The Hall–Kier alpha value is -1.13. The summed E-state index contributed by atoms with van der Waals surface area (Å²) in [5.74, 6) is -0.177. The van der Waals surface area contributed by atoms with Crippen LogP contribution in [0.2, 0.25) is 0 Å². The summed E-state index contributed by atoms with van der Waals surface area (Å²) >= 11 is 0. The van der Waals surface area contributed by atoms with Gasteiger partial charge in [-0.25, -0.2) is 0 Å². The van der Waals surface area contributed by atoms with Gasteiger partial charge in [-0.15, -0.1) is 0 Å². The Bertz CT molecular complexity index is 430. The first-order chi connectivity index (χ1) is 12.5. The molecule has 4 nitrogen and oxygen atoms in total. The third-order valence-corrected chi connectivity index (χ3v) is 5.42. The molecule has 2 unspecified atom stereocenters. The van der Waals surface area contributed by atoms with Gasteiger partial charge in [-0.3, -0.25) is 4.79 Å². The standard InChI is InChI=1S/C22H38O4/c1-2-3-4-5-6-7-12-19(23)13-9-8-11-18-16-17-20(18)21(24)14-10-15-22(25)26/h8-9,11,13,18-21,23-24H,2-7,10,12,14-17H2,1H3,(H,25,26)/b11-8+,13-9+/t18-,19?,20-,21?/m1/s1. The summed E-state index contributed by atoms with van der Waals surface area (Å²) in [4.78, 5) is 10.5. The highest BCUT2D eigenvalue weighted by molar-refractivity contribution is 5.66. The molecule has 0 bridgehead atoms. The lowest BCUT2D eigenvalue weighted by molar-refractivity contribution is -0.137. The molecule has 0 aromatic carbocycles. The molecule has 0 aliphatic heterocycles. The first-order valence-corrected chi connectivity index (χ1v) is 10.5. The Balaban J connectivity index is 2.15. The van der Waals surface area contributed by atoms with Gasteiger partial charge < -0.3 is 15.3 Å². The Morgan fingerprint density at radius 3 is 2.38 bits per heavy atom. The maximum absolute atomic E-state index is 10.5. The molecule has 0 spiro atoms. The second kappa shape index (κ2) is 14.0. The fourth-order valence-corrected chi connectivity index (χ4v) is 3.57. The number of carboxylic acids is 1. The normalized spacial score (nSPS) is 22.6. The van der Waals surface area contributed by atoms with Gasteiger partial charge in [0.25, 0.3) is 0 Å². The summed E-state index contributed by atoms with van der Waals surface area (Å²) in [7, 11) is 0. The van der Waals surface area contributed by atoms with E-state index in [1.807, 2.05) is 18.2 Å². The van der Waals surface area contributed by atoms with Crippen LogP contribution in [0.3, 0.4) is 0 Å². The zero-order valence-electron chi connectivity index (χ0n) is 16.4. The van der Waals surface area contributed by atoms with E-state index < -0.39 is 12.1 Å². The molecule has 1 fully saturated rings. The van der Waals surface area contributed by atoms with Crippen molar-refractivity contribution in [1.82, 2.24) is 0 Å². The lowest BCUT2D eigenvalue weighted by Gasteiger charge is -2.38. The fraction of sp³-hybridized carbons (Fsp3) is 0.773. The number of carbonyl (C=O) groups is 1. The monoisotopic (exact) mass is 366 g/mol. The molecule has 0 heterocycles. The Morgan fingerprint density at radius 2 is 1.73 bits per heavy atom. The van der Waals surface area contributed by atoms with Gasteiger partial charge in [0.2, 0.25) is 0 Å². The van der Waals surface area contributed by atoms with Gasteiger partial charge >= 0.3 is 5.97 Å². The van der Waals surface area contributed by atoms with Crippen LogP contribution in [-0.4, -0.2) is 33.5 Å². The van der Waals surface area contributed by atoms with Crippen LogP contribution in [0, 0.1) is 11.8 Å². The summed E-state index contributed by atoms with van der Waals surface area (Å²) in [5.41, 5.74) is 0. The quantitative estimate of drug-likeness (QED) is 0.286. The lowest BCUT2D eigenvalue weighted by atomic mass is 9.69. The number of aliphatic carboxylic acids is 1. The molecular weight excluding hydrogens is 328 g/mol. The van der Waals surface area contributed by atoms with Crippen molar-refractivity contribution in [2.75, 3.05) is 0 Å². The molecule has 0 saturated heterocycles. The van der Waals surface area contributed by atoms with E-state index in [-0.39, 0.29) is 18.4 Å². The molecule has 0 aromatic heterocycles. The van der Waals surface area contributed by atoms with Crippen LogP contribution in [0.5, 0.6) is 0 Å². The molecule has 0 amide bonds. The maximum atomic E-state index is 10.5. The number of allylic oxidation sites excluding steroid dienone is 3. The van der Waals surface area contributed by atoms with Gasteiger partial charge in [-0.05, 0) is 43.9 Å². The number of unbranched alkanes of at least 4 members (excludes halogenated alkanes) is 5. The van der Waals surface area contributed by atoms with E-state index in [4.69, 9.17) is 5.11 Å². The minimum atomic E-state index is -0.799. The molecule has 1 aliphatic carbocycles. The van der Waals surface area contributed by atoms with Crippen LogP contribution in [0.15, 0.2) is 24.3 Å². The van der Waals surface area contributed by atoms with E-state index in [1.54, 1.807) is 0 Å². The van der Waals surface area contributed by atoms with Gasteiger partial charge in [0.1, 0.15) is 0 Å². The molecule has 26 heavy (non-hydrogen) atoms. The van der Waals surface area contributed by atoms with Crippen LogP contribution in [0.4, 0.5) is 0 Å². The Labute approximate surface area is 159 Å². The molecular formula is C22H38O4. The highest BCUT2D eigenvalue weighted by Crippen LogP contribution is 2.39. The van der Waals surface area contributed by atoms with E-state index in [1.165, 1.54) is 32.1 Å². The van der Waals surface area contributed by atoms with Crippen LogP contribution in [0.25, 0.3) is 0 Å². The Kier molecular flexibility index (Phi) is 12.3. The van der Waals surface area contributed by atoms with Gasteiger partial charge in [0.15, 0.2) is 0 Å². The van der Waals surface area contributed by atoms with E-state index in [0.29, 0.717) is 18.8 Å². The topological polar surface area (TPSA) is 77.8 Å². The fourth-order valence-electron chi connectivity index (χ4n) is 3.57. The second-order valence-electron chi connectivity index (χ2n) is 7.65. The second-order valence-corrected chi connectivity index (χ2v) is 7.65. The van der Waals surface area contributed by atoms with Crippen LogP contribution < -0.4 is 0 Å². The van der Waals surface area contributed by atoms with Crippen molar-refractivity contribution in [1.29, 1.82) is 0 Å². The lowest BCUT2D eigenvalue weighted by Crippen LogP contribution is -2.35. The smallest absolute Gasteiger partial charge is 0.303 e. The highest BCUT2D eigenvalue weighted by atomic mass is 16.4. The van der Waals surface area contributed by atoms with Crippen molar-refractivity contribution in [3.63, 3.8) is 0 Å². The molecule has 150 valence electrons. The first-order valence-electron chi connectivity index (χ1n) is 10.5. The predicted molar refractivity (Wildman–Crippen MR) is 106 cm³/mol. The van der Waals surface area contributed by atoms with Crippen LogP contribution in [-0.2, 0) is 4.79 Å². The SMILES string of the molecule is CCCCCCCCC(O)/C=C/C=C/[C@@H]1CC[C@H]1C(O)CCCC(=O)O. The van der Waals surface area contributed by atoms with E-state index in [9.17, 15) is 15.0 Å². The molecule has 4 heteroatoms. The average Bonchev–Trinajstić information content (AvgIpc) is 2.56. The molecule has 0 aromatic rings. The summed E-state index contributed by atoms with van der Waals surface area (Å²) < 4.78 is 0. The largest absolute Gasteiger partial charge is 0.481 e. The van der Waals surface area contributed by atoms with E-state index in [0.717, 1.165) is 25.7 Å². The van der Waals surface area contributed by atoms with Crippen LogP contribution in [0.1, 0.15) is 84.0 Å². The van der Waals surface area contributed by atoms with Crippen molar-refractivity contribution in [2.45, 2.75) is 96.2 Å². The van der Waals surface area contributed by atoms with Crippen molar-refractivity contribution in [3.05, 3.63) is 24.3 Å². The first kappa shape index (κ1) is 22.9. The van der Waals surface area contributed by atoms with E-state index >= 15 is 0 Å².